The molecule has 6 aliphatic rings. The fourth-order valence-electron chi connectivity index (χ4n) is 10.2. The van der Waals surface area contributed by atoms with Crippen molar-refractivity contribution in [3.8, 4) is 0 Å². The maximum absolute atomic E-state index is 16.1. The number of imidazole rings is 1. The van der Waals surface area contributed by atoms with E-state index in [-0.39, 0.29) is 41.2 Å². The summed E-state index contributed by atoms with van der Waals surface area (Å²) in [4.78, 5) is 66.6. The molecule has 0 radical (unpaired) electrons. The van der Waals surface area contributed by atoms with Crippen molar-refractivity contribution in [1.82, 2.24) is 43.4 Å². The van der Waals surface area contributed by atoms with Crippen molar-refractivity contribution in [2.45, 2.75) is 105 Å². The van der Waals surface area contributed by atoms with Gasteiger partial charge >= 0.3 is 5.69 Å². The number of carbonyl (C=O) groups excluding carboxylic acids is 3. The molecule has 330 valence electrons. The summed E-state index contributed by atoms with van der Waals surface area (Å²) < 4.78 is 49.1. The third-order valence-electron chi connectivity index (χ3n) is 14.0. The molecule has 2 saturated carbocycles. The molecule has 19 nitrogen and oxygen atoms in total. The lowest BCUT2D eigenvalue weighted by Gasteiger charge is -2.36. The van der Waals surface area contributed by atoms with Crippen LogP contribution >= 0.6 is 0 Å². The number of benzene rings is 1. The van der Waals surface area contributed by atoms with E-state index >= 15 is 4.39 Å². The van der Waals surface area contributed by atoms with Crippen LogP contribution in [0, 0.1) is 5.82 Å². The van der Waals surface area contributed by atoms with Crippen LogP contribution in [0.25, 0.3) is 11.0 Å². The maximum atomic E-state index is 16.1. The third kappa shape index (κ3) is 6.96. The Morgan fingerprint density at radius 2 is 1.74 bits per heavy atom. The first-order valence-corrected chi connectivity index (χ1v) is 23.2. The van der Waals surface area contributed by atoms with Gasteiger partial charge in [-0.05, 0) is 69.9 Å². The van der Waals surface area contributed by atoms with E-state index in [9.17, 15) is 32.7 Å². The molecule has 2 unspecified atom stereocenters. The van der Waals surface area contributed by atoms with Crippen LogP contribution in [0.3, 0.4) is 0 Å². The SMILES string of the molecule is Cn1c(=O)n(C2CCC(=O)NC2=O)c2ccc(N3CCN(CCn4cc(S(=O)(=O)N5CCC(Nc6ncc7c(n6)N(C6CCC[C@@H](O)C6)C(=O)C76CC6)CC5)cn4)CC3)c(F)c21. The van der Waals surface area contributed by atoms with Gasteiger partial charge in [0.1, 0.15) is 22.3 Å². The Kier molecular flexibility index (Phi) is 10.2. The minimum absolute atomic E-state index is 0.0558. The van der Waals surface area contributed by atoms with Crippen molar-refractivity contribution < 1.29 is 32.3 Å². The lowest BCUT2D eigenvalue weighted by atomic mass is 9.92. The average molecular weight is 875 g/mol. The fraction of sp³-hybridized carbons (Fsp3) is 0.585. The number of fused-ring (bicyclic) bond motifs is 3. The number of sulfonamides is 1. The van der Waals surface area contributed by atoms with Crippen molar-refractivity contribution in [3.63, 3.8) is 0 Å². The van der Waals surface area contributed by atoms with E-state index in [2.05, 4.69) is 25.6 Å². The molecule has 2 aliphatic carbocycles. The minimum Gasteiger partial charge on any atom is -0.393 e. The number of rotatable bonds is 10. The highest BCUT2D eigenvalue weighted by atomic mass is 32.2. The summed E-state index contributed by atoms with van der Waals surface area (Å²) in [7, 11) is -2.31. The van der Waals surface area contributed by atoms with Crippen LogP contribution in [-0.4, -0.2) is 133 Å². The van der Waals surface area contributed by atoms with Gasteiger partial charge in [-0.1, -0.05) is 0 Å². The molecular weight excluding hydrogens is 824 g/mol. The van der Waals surface area contributed by atoms with E-state index in [1.165, 1.54) is 26.7 Å². The highest BCUT2D eigenvalue weighted by Gasteiger charge is 2.61. The molecular formula is C41H51FN12O7S. The minimum atomic E-state index is -3.78. The fourth-order valence-corrected chi connectivity index (χ4v) is 11.7. The Morgan fingerprint density at radius 3 is 2.47 bits per heavy atom. The van der Waals surface area contributed by atoms with E-state index in [4.69, 9.17) is 4.98 Å². The lowest BCUT2D eigenvalue weighted by molar-refractivity contribution is -0.135. The number of aliphatic hydroxyl groups excluding tert-OH is 1. The molecule has 1 aromatic carbocycles. The van der Waals surface area contributed by atoms with Gasteiger partial charge < -0.3 is 15.3 Å². The van der Waals surface area contributed by atoms with Gasteiger partial charge in [0, 0.05) is 89.3 Å². The van der Waals surface area contributed by atoms with Gasteiger partial charge in [-0.15, -0.1) is 0 Å². The highest BCUT2D eigenvalue weighted by molar-refractivity contribution is 7.89. The predicted molar refractivity (Wildman–Crippen MR) is 224 cm³/mol. The van der Waals surface area contributed by atoms with E-state index in [1.54, 1.807) is 29.2 Å². The zero-order chi connectivity index (χ0) is 43.1. The number of imide groups is 1. The van der Waals surface area contributed by atoms with E-state index in [1.807, 2.05) is 9.80 Å². The summed E-state index contributed by atoms with van der Waals surface area (Å²) in [6, 6.07) is 2.25. The molecule has 62 heavy (non-hydrogen) atoms. The molecule has 4 aliphatic heterocycles. The van der Waals surface area contributed by atoms with Gasteiger partial charge in [0.2, 0.25) is 33.7 Å². The Morgan fingerprint density at radius 1 is 0.968 bits per heavy atom. The largest absolute Gasteiger partial charge is 0.393 e. The molecule has 10 rings (SSSR count). The molecule has 3 N–H and O–H groups in total. The number of amides is 3. The van der Waals surface area contributed by atoms with Crippen LogP contribution in [0.5, 0.6) is 0 Å². The number of aromatic nitrogens is 6. The highest BCUT2D eigenvalue weighted by Crippen LogP contribution is 2.57. The quantitative estimate of drug-likeness (QED) is 0.192. The van der Waals surface area contributed by atoms with Gasteiger partial charge in [0.05, 0.1) is 35.5 Å². The molecule has 3 atom stereocenters. The van der Waals surface area contributed by atoms with Crippen LogP contribution in [0.1, 0.15) is 75.8 Å². The van der Waals surface area contributed by atoms with Crippen molar-refractivity contribution in [2.75, 3.05) is 60.9 Å². The molecule has 5 fully saturated rings. The van der Waals surface area contributed by atoms with Gasteiger partial charge in [0.25, 0.3) is 0 Å². The molecule has 3 amide bonds. The zero-order valence-electron chi connectivity index (χ0n) is 34.6. The van der Waals surface area contributed by atoms with Crippen LogP contribution in [0.4, 0.5) is 21.8 Å². The second-order valence-corrected chi connectivity index (χ2v) is 19.6. The van der Waals surface area contributed by atoms with E-state index in [0.717, 1.165) is 37.7 Å². The zero-order valence-corrected chi connectivity index (χ0v) is 35.4. The topological polar surface area (TPSA) is 213 Å². The second kappa shape index (κ2) is 15.5. The van der Waals surface area contributed by atoms with Crippen molar-refractivity contribution in [2.24, 2.45) is 7.05 Å². The predicted octanol–water partition coefficient (Wildman–Crippen LogP) is 1.21. The number of aliphatic hydroxyl groups is 1. The number of nitrogens with zero attached hydrogens (tertiary/aromatic N) is 10. The van der Waals surface area contributed by atoms with Crippen LogP contribution in [-0.2, 0) is 43.4 Å². The van der Waals surface area contributed by atoms with Crippen molar-refractivity contribution >= 4 is 56.2 Å². The summed E-state index contributed by atoms with van der Waals surface area (Å²) in [5, 5.41) is 20.4. The number of anilines is 3. The first-order valence-electron chi connectivity index (χ1n) is 21.7. The van der Waals surface area contributed by atoms with Crippen LogP contribution < -0.4 is 26.1 Å². The van der Waals surface area contributed by atoms with Gasteiger partial charge in [0.15, 0.2) is 5.82 Å². The average Bonchev–Trinajstić information content (AvgIpc) is 3.75. The number of aryl methyl sites for hydroxylation is 1. The number of hydrogen-bond donors (Lipinski definition) is 3. The molecule has 7 heterocycles. The smallest absolute Gasteiger partial charge is 0.329 e. The van der Waals surface area contributed by atoms with Gasteiger partial charge in [-0.3, -0.25) is 43.3 Å². The van der Waals surface area contributed by atoms with Crippen LogP contribution in [0.15, 0.2) is 40.4 Å². The van der Waals surface area contributed by atoms with E-state index in [0.29, 0.717) is 94.6 Å². The Balaban J connectivity index is 0.722. The molecule has 21 heteroatoms. The lowest BCUT2D eigenvalue weighted by Crippen LogP contribution is -2.47. The first-order chi connectivity index (χ1) is 29.8. The van der Waals surface area contributed by atoms with Crippen molar-refractivity contribution in [1.29, 1.82) is 0 Å². The van der Waals surface area contributed by atoms with E-state index < -0.39 is 50.9 Å². The summed E-state index contributed by atoms with van der Waals surface area (Å²) in [5.41, 5.74) is 0.579. The number of piperidine rings is 2. The maximum Gasteiger partial charge on any atom is 0.329 e. The number of carbonyl (C=O) groups is 3. The molecule has 3 aromatic heterocycles. The second-order valence-electron chi connectivity index (χ2n) is 17.7. The number of hydrogen-bond acceptors (Lipinski definition) is 13. The molecule has 0 bridgehead atoms. The summed E-state index contributed by atoms with van der Waals surface area (Å²) in [6.07, 6.45) is 10.2. The Hall–Kier alpha value is -5.25. The molecule has 1 spiro atoms. The Bertz CT molecular complexity index is 2630. The normalized spacial score (nSPS) is 24.9. The van der Waals surface area contributed by atoms with Crippen molar-refractivity contribution in [3.05, 3.63) is 52.6 Å². The summed E-state index contributed by atoms with van der Waals surface area (Å²) in [6.45, 7) is 3.99. The first kappa shape index (κ1) is 40.8. The molecule has 4 aromatic rings. The molecule has 3 saturated heterocycles. The van der Waals surface area contributed by atoms with Gasteiger partial charge in [-0.25, -0.2) is 22.6 Å². The standard InChI is InChI=1S/C41H51FN12O7S/c1-48-35-31(54(40(48)59)32-7-8-33(56)46-37(32)57)6-5-30(34(35)42)50-18-15-49(16-19-50)17-20-51-24-28(22-44-51)62(60,61)52-13-9-25(10-14-52)45-39-43-23-29-36(47-39)53(38(58)41(29)11-12-41)26-3-2-4-27(55)21-26/h5-6,22-27,32,55H,2-4,7-21H2,1H3,(H,43,45,47)(H,46,56,57)/t26?,27-,32?/m1/s1. The number of nitrogens with one attached hydrogen (secondary N) is 2. The van der Waals surface area contributed by atoms with Gasteiger partial charge in [-0.2, -0.15) is 14.4 Å². The number of halogens is 1. The monoisotopic (exact) mass is 874 g/mol. The summed E-state index contributed by atoms with van der Waals surface area (Å²) in [5.74, 6) is -0.387. The van der Waals surface area contributed by atoms with Crippen LogP contribution in [0.2, 0.25) is 0 Å². The third-order valence-corrected chi connectivity index (χ3v) is 15.8. The summed E-state index contributed by atoms with van der Waals surface area (Å²) >= 11 is 0. The number of piperazine rings is 1. The Labute approximate surface area is 356 Å².